The molecule has 7 nitrogen and oxygen atoms in total. The Kier molecular flexibility index (Phi) is 5.10. The van der Waals surface area contributed by atoms with E-state index in [1.165, 1.54) is 19.3 Å². The Bertz CT molecular complexity index is 702. The molecule has 0 aliphatic heterocycles. The van der Waals surface area contributed by atoms with E-state index >= 15 is 0 Å². The summed E-state index contributed by atoms with van der Waals surface area (Å²) < 4.78 is 5.15. The van der Waals surface area contributed by atoms with Gasteiger partial charge < -0.3 is 20.1 Å². The molecule has 2 N–H and O–H groups in total. The molecule has 5 rings (SSSR count). The van der Waals surface area contributed by atoms with Crippen LogP contribution in [-0.4, -0.2) is 41.1 Å². The number of hydrogen-bond donors (Lipinski definition) is 2. The molecule has 3 amide bonds. The summed E-state index contributed by atoms with van der Waals surface area (Å²) >= 11 is 0. The van der Waals surface area contributed by atoms with E-state index in [0.717, 1.165) is 54.0 Å². The molecule has 4 aliphatic rings. The Labute approximate surface area is 166 Å². The minimum absolute atomic E-state index is 0.00295. The molecule has 28 heavy (non-hydrogen) atoms. The van der Waals surface area contributed by atoms with Gasteiger partial charge in [-0.3, -0.25) is 4.79 Å². The molecule has 0 spiro atoms. The van der Waals surface area contributed by atoms with E-state index in [9.17, 15) is 9.59 Å². The van der Waals surface area contributed by atoms with E-state index in [0.29, 0.717) is 13.1 Å². The number of urea groups is 1. The third-order valence-electron chi connectivity index (χ3n) is 7.04. The van der Waals surface area contributed by atoms with E-state index < -0.39 is 0 Å². The van der Waals surface area contributed by atoms with Crippen molar-refractivity contribution in [2.75, 3.05) is 13.6 Å². The smallest absolute Gasteiger partial charge is 0.315 e. The standard InChI is InChI=1S/C21H32N4O3/c1-13-18(14(2)28-24-13)12-25(3)19(26)4-5-22-20(27)23-21-9-15-6-16(10-21)8-17(7-15)11-21/h15-17H,4-12H2,1-3H3,(H2,22,23,27). The predicted molar refractivity (Wildman–Crippen MR) is 105 cm³/mol. The van der Waals surface area contributed by atoms with Crippen LogP contribution in [0.15, 0.2) is 4.52 Å². The molecule has 4 aliphatic carbocycles. The molecule has 4 fully saturated rings. The quantitative estimate of drug-likeness (QED) is 0.784. The lowest BCUT2D eigenvalue weighted by molar-refractivity contribution is -0.130. The minimum atomic E-state index is -0.122. The molecule has 1 aromatic heterocycles. The average Bonchev–Trinajstić information content (AvgIpc) is 2.91. The first-order valence-electron chi connectivity index (χ1n) is 10.6. The molecule has 7 heteroatoms. The number of amides is 3. The summed E-state index contributed by atoms with van der Waals surface area (Å²) in [5.41, 5.74) is 1.76. The largest absolute Gasteiger partial charge is 0.361 e. The number of aryl methyl sites for hydroxylation is 2. The van der Waals surface area contributed by atoms with Crippen LogP contribution in [-0.2, 0) is 11.3 Å². The van der Waals surface area contributed by atoms with Gasteiger partial charge in [-0.1, -0.05) is 5.16 Å². The summed E-state index contributed by atoms with van der Waals surface area (Å²) in [6.45, 7) is 4.55. The highest BCUT2D eigenvalue weighted by atomic mass is 16.5. The molecular weight excluding hydrogens is 356 g/mol. The Morgan fingerprint density at radius 3 is 2.29 bits per heavy atom. The summed E-state index contributed by atoms with van der Waals surface area (Å²) in [6.07, 6.45) is 7.74. The second-order valence-corrected chi connectivity index (χ2v) is 9.38. The van der Waals surface area contributed by atoms with Crippen molar-refractivity contribution < 1.29 is 14.1 Å². The van der Waals surface area contributed by atoms with E-state index in [4.69, 9.17) is 4.52 Å². The monoisotopic (exact) mass is 388 g/mol. The molecule has 4 bridgehead atoms. The van der Waals surface area contributed by atoms with Crippen molar-refractivity contribution in [1.82, 2.24) is 20.7 Å². The molecule has 154 valence electrons. The van der Waals surface area contributed by atoms with Crippen LogP contribution >= 0.6 is 0 Å². The second-order valence-electron chi connectivity index (χ2n) is 9.38. The van der Waals surface area contributed by atoms with Crippen LogP contribution in [0.25, 0.3) is 0 Å². The Morgan fingerprint density at radius 2 is 1.75 bits per heavy atom. The zero-order valence-corrected chi connectivity index (χ0v) is 17.2. The summed E-state index contributed by atoms with van der Waals surface area (Å²) in [6, 6.07) is -0.122. The van der Waals surface area contributed by atoms with Crippen molar-refractivity contribution in [2.45, 2.75) is 70.9 Å². The first kappa shape index (κ1) is 19.3. The van der Waals surface area contributed by atoms with E-state index in [2.05, 4.69) is 15.8 Å². The third kappa shape index (κ3) is 3.89. The maximum absolute atomic E-state index is 12.5. The van der Waals surface area contributed by atoms with Gasteiger partial charge in [0.15, 0.2) is 0 Å². The second kappa shape index (κ2) is 7.41. The fraction of sp³-hybridized carbons (Fsp3) is 0.762. The first-order valence-corrected chi connectivity index (χ1v) is 10.6. The Hall–Kier alpha value is -2.05. The average molecular weight is 389 g/mol. The van der Waals surface area contributed by atoms with Crippen LogP contribution < -0.4 is 10.6 Å². The van der Waals surface area contributed by atoms with Crippen molar-refractivity contribution in [2.24, 2.45) is 17.8 Å². The van der Waals surface area contributed by atoms with Gasteiger partial charge in [0, 0.05) is 31.1 Å². The van der Waals surface area contributed by atoms with Gasteiger partial charge >= 0.3 is 6.03 Å². The molecule has 0 atom stereocenters. The van der Waals surface area contributed by atoms with Gasteiger partial charge in [0.25, 0.3) is 0 Å². The fourth-order valence-electron chi connectivity index (χ4n) is 6.08. The summed E-state index contributed by atoms with van der Waals surface area (Å²) in [5.74, 6) is 3.13. The molecule has 0 saturated heterocycles. The highest BCUT2D eigenvalue weighted by Gasteiger charge is 2.51. The number of hydrogen-bond acceptors (Lipinski definition) is 4. The van der Waals surface area contributed by atoms with Crippen molar-refractivity contribution in [1.29, 1.82) is 0 Å². The van der Waals surface area contributed by atoms with Gasteiger partial charge in [0.1, 0.15) is 5.76 Å². The van der Waals surface area contributed by atoms with Crippen LogP contribution in [0.5, 0.6) is 0 Å². The van der Waals surface area contributed by atoms with Crippen molar-refractivity contribution in [3.05, 3.63) is 17.0 Å². The van der Waals surface area contributed by atoms with Gasteiger partial charge in [0.2, 0.25) is 5.91 Å². The number of carbonyl (C=O) groups is 2. The maximum atomic E-state index is 12.5. The number of carbonyl (C=O) groups excluding carboxylic acids is 2. The highest BCUT2D eigenvalue weighted by molar-refractivity contribution is 5.78. The van der Waals surface area contributed by atoms with Crippen LogP contribution in [0, 0.1) is 31.6 Å². The van der Waals surface area contributed by atoms with Crippen LogP contribution in [0.2, 0.25) is 0 Å². The van der Waals surface area contributed by atoms with Gasteiger partial charge in [0.05, 0.1) is 12.2 Å². The Balaban J connectivity index is 1.22. The molecule has 4 saturated carbocycles. The lowest BCUT2D eigenvalue weighted by Crippen LogP contribution is -2.61. The van der Waals surface area contributed by atoms with Crippen LogP contribution in [0.1, 0.15) is 62.0 Å². The van der Waals surface area contributed by atoms with Crippen molar-refractivity contribution in [3.63, 3.8) is 0 Å². The molecular formula is C21H32N4O3. The highest BCUT2D eigenvalue weighted by Crippen LogP contribution is 2.55. The van der Waals surface area contributed by atoms with E-state index in [1.54, 1.807) is 11.9 Å². The first-order chi connectivity index (χ1) is 13.3. The van der Waals surface area contributed by atoms with Gasteiger partial charge in [-0.15, -0.1) is 0 Å². The SMILES string of the molecule is Cc1noc(C)c1CN(C)C(=O)CCNC(=O)NC12CC3CC(CC(C3)C1)C2. The molecule has 1 aromatic rings. The fourth-order valence-corrected chi connectivity index (χ4v) is 6.08. The van der Waals surface area contributed by atoms with Crippen molar-refractivity contribution in [3.8, 4) is 0 Å². The third-order valence-corrected chi connectivity index (χ3v) is 7.04. The summed E-state index contributed by atoms with van der Waals surface area (Å²) in [5, 5.41) is 10.1. The van der Waals surface area contributed by atoms with Crippen molar-refractivity contribution >= 4 is 11.9 Å². The number of aromatic nitrogens is 1. The zero-order valence-electron chi connectivity index (χ0n) is 17.2. The van der Waals surface area contributed by atoms with E-state index in [1.807, 2.05) is 13.8 Å². The maximum Gasteiger partial charge on any atom is 0.315 e. The summed E-state index contributed by atoms with van der Waals surface area (Å²) in [4.78, 5) is 26.5. The molecule has 1 heterocycles. The number of nitrogens with one attached hydrogen (secondary N) is 2. The molecule has 0 radical (unpaired) electrons. The normalized spacial score (nSPS) is 30.3. The van der Waals surface area contributed by atoms with Crippen LogP contribution in [0.3, 0.4) is 0 Å². The van der Waals surface area contributed by atoms with Gasteiger partial charge in [-0.05, 0) is 70.1 Å². The zero-order chi connectivity index (χ0) is 19.9. The summed E-state index contributed by atoms with van der Waals surface area (Å²) in [7, 11) is 1.77. The predicted octanol–water partition coefficient (Wildman–Crippen LogP) is 2.91. The lowest BCUT2D eigenvalue weighted by atomic mass is 9.53. The molecule has 0 aromatic carbocycles. The van der Waals surface area contributed by atoms with E-state index in [-0.39, 0.29) is 23.9 Å². The Morgan fingerprint density at radius 1 is 1.14 bits per heavy atom. The van der Waals surface area contributed by atoms with Gasteiger partial charge in [-0.25, -0.2) is 4.79 Å². The number of rotatable bonds is 6. The lowest BCUT2D eigenvalue weighted by Gasteiger charge is -2.56. The van der Waals surface area contributed by atoms with Crippen LogP contribution in [0.4, 0.5) is 4.79 Å². The van der Waals surface area contributed by atoms with Gasteiger partial charge in [-0.2, -0.15) is 0 Å². The topological polar surface area (TPSA) is 87.5 Å². The minimum Gasteiger partial charge on any atom is -0.361 e. The number of nitrogens with zero attached hydrogens (tertiary/aromatic N) is 2. The molecule has 0 unspecified atom stereocenters.